The molecule has 100 valence electrons. The van der Waals surface area contributed by atoms with Crippen LogP contribution in [0.1, 0.15) is 12.8 Å². The molecular weight excluding hydrogens is 250 g/mol. The molecule has 1 saturated carbocycles. The Balaban J connectivity index is 1.75. The summed E-state index contributed by atoms with van der Waals surface area (Å²) in [6, 6.07) is 3.97. The van der Waals surface area contributed by atoms with Crippen molar-refractivity contribution in [2.24, 2.45) is 5.92 Å². The summed E-state index contributed by atoms with van der Waals surface area (Å²) in [4.78, 5) is 13.0. The van der Waals surface area contributed by atoms with E-state index in [0.29, 0.717) is 0 Å². The number of aromatic nitrogens is 4. The lowest BCUT2D eigenvalue weighted by Crippen LogP contribution is -2.06. The second-order valence-electron chi connectivity index (χ2n) is 5.17. The molecular formula is C15H15N5. The Morgan fingerprint density at radius 2 is 2.00 bits per heavy atom. The first kappa shape index (κ1) is 11.4. The van der Waals surface area contributed by atoms with Crippen molar-refractivity contribution >= 4 is 11.5 Å². The van der Waals surface area contributed by atoms with Crippen LogP contribution in [-0.4, -0.2) is 25.9 Å². The Kier molecular flexibility index (Phi) is 2.62. The normalized spacial score (nSPS) is 14.6. The number of hydrogen-bond acceptors (Lipinski definition) is 4. The second kappa shape index (κ2) is 4.59. The highest BCUT2D eigenvalue weighted by Gasteiger charge is 2.21. The van der Waals surface area contributed by atoms with E-state index in [-0.39, 0.29) is 0 Å². The van der Waals surface area contributed by atoms with Gasteiger partial charge in [0, 0.05) is 36.9 Å². The Hall–Kier alpha value is -2.43. The summed E-state index contributed by atoms with van der Waals surface area (Å²) in [5.74, 6) is 1.67. The molecule has 5 nitrogen and oxygen atoms in total. The lowest BCUT2D eigenvalue weighted by atomic mass is 10.2. The number of hydrogen-bond donors (Lipinski definition) is 1. The number of nitrogens with one attached hydrogen (secondary N) is 1. The number of nitrogens with zero attached hydrogens (tertiary/aromatic N) is 4. The van der Waals surface area contributed by atoms with Crippen molar-refractivity contribution in [3.8, 4) is 11.3 Å². The average Bonchev–Trinajstić information content (AvgIpc) is 3.23. The van der Waals surface area contributed by atoms with Crippen molar-refractivity contribution < 1.29 is 0 Å². The van der Waals surface area contributed by atoms with Gasteiger partial charge >= 0.3 is 0 Å². The molecule has 3 heterocycles. The van der Waals surface area contributed by atoms with Gasteiger partial charge in [0.1, 0.15) is 0 Å². The van der Waals surface area contributed by atoms with Crippen molar-refractivity contribution in [3.63, 3.8) is 0 Å². The van der Waals surface area contributed by atoms with E-state index in [4.69, 9.17) is 0 Å². The predicted octanol–water partition coefficient (Wildman–Crippen LogP) is 2.61. The standard InChI is InChI=1S/C15H15N5/c1-2-11(1)9-18-14-15-19-10-13(20(15)8-7-17-14)12-3-5-16-6-4-12/h3-8,10-11H,1-2,9H2,(H,17,18). The summed E-state index contributed by atoms with van der Waals surface area (Å²) in [6.45, 7) is 0.990. The van der Waals surface area contributed by atoms with E-state index < -0.39 is 0 Å². The molecule has 4 rings (SSSR count). The molecule has 0 aromatic carbocycles. The summed E-state index contributed by atoms with van der Waals surface area (Å²) in [5, 5.41) is 3.41. The van der Waals surface area contributed by atoms with E-state index >= 15 is 0 Å². The third kappa shape index (κ3) is 2.01. The first-order valence-corrected chi connectivity index (χ1v) is 6.88. The molecule has 20 heavy (non-hydrogen) atoms. The Morgan fingerprint density at radius 1 is 1.15 bits per heavy atom. The molecule has 1 aliphatic carbocycles. The highest BCUT2D eigenvalue weighted by atomic mass is 15.1. The van der Waals surface area contributed by atoms with Gasteiger partial charge in [-0.05, 0) is 30.9 Å². The van der Waals surface area contributed by atoms with Gasteiger partial charge in [0.05, 0.1) is 11.9 Å². The van der Waals surface area contributed by atoms with E-state index in [1.165, 1.54) is 12.8 Å². The van der Waals surface area contributed by atoms with E-state index in [0.717, 1.165) is 35.2 Å². The molecule has 0 spiro atoms. The summed E-state index contributed by atoms with van der Waals surface area (Å²) in [7, 11) is 0. The molecule has 5 heteroatoms. The lowest BCUT2D eigenvalue weighted by molar-refractivity contribution is 0.881. The maximum absolute atomic E-state index is 4.51. The Bertz CT molecular complexity index is 730. The SMILES string of the molecule is c1cc(-c2cnc3c(NCC4CC4)nccn23)ccn1. The molecule has 0 aliphatic heterocycles. The monoisotopic (exact) mass is 265 g/mol. The van der Waals surface area contributed by atoms with E-state index in [1.54, 1.807) is 12.4 Å². The van der Waals surface area contributed by atoms with Crippen LogP contribution in [0.5, 0.6) is 0 Å². The highest BCUT2D eigenvalue weighted by molar-refractivity contribution is 5.70. The Labute approximate surface area is 116 Å². The van der Waals surface area contributed by atoms with Crippen LogP contribution in [0.4, 0.5) is 5.82 Å². The van der Waals surface area contributed by atoms with Crippen LogP contribution in [0.25, 0.3) is 16.9 Å². The van der Waals surface area contributed by atoms with Gasteiger partial charge in [-0.1, -0.05) is 0 Å². The van der Waals surface area contributed by atoms with E-state index in [9.17, 15) is 0 Å². The summed E-state index contributed by atoms with van der Waals surface area (Å²) < 4.78 is 2.07. The van der Waals surface area contributed by atoms with Gasteiger partial charge in [0.15, 0.2) is 11.5 Å². The van der Waals surface area contributed by atoms with Gasteiger partial charge in [-0.25, -0.2) is 9.97 Å². The van der Waals surface area contributed by atoms with E-state index in [1.807, 2.05) is 30.7 Å². The van der Waals surface area contributed by atoms with Crippen molar-refractivity contribution in [1.29, 1.82) is 0 Å². The number of rotatable bonds is 4. The molecule has 1 aliphatic rings. The minimum Gasteiger partial charge on any atom is -0.367 e. The second-order valence-corrected chi connectivity index (χ2v) is 5.17. The lowest BCUT2D eigenvalue weighted by Gasteiger charge is -2.06. The molecule has 0 bridgehead atoms. The van der Waals surface area contributed by atoms with Crippen LogP contribution in [0, 0.1) is 5.92 Å². The van der Waals surface area contributed by atoms with Crippen molar-refractivity contribution in [1.82, 2.24) is 19.4 Å². The molecule has 3 aromatic heterocycles. The molecule has 0 unspecified atom stereocenters. The minimum atomic E-state index is 0.812. The third-order valence-corrected chi connectivity index (χ3v) is 3.66. The predicted molar refractivity (Wildman–Crippen MR) is 77.4 cm³/mol. The van der Waals surface area contributed by atoms with Gasteiger partial charge in [-0.3, -0.25) is 9.38 Å². The highest BCUT2D eigenvalue weighted by Crippen LogP contribution is 2.29. The van der Waals surface area contributed by atoms with E-state index in [2.05, 4.69) is 24.7 Å². The molecule has 0 atom stereocenters. The fraction of sp³-hybridized carbons (Fsp3) is 0.267. The zero-order valence-corrected chi connectivity index (χ0v) is 11.0. The van der Waals surface area contributed by atoms with Gasteiger partial charge < -0.3 is 5.32 Å². The van der Waals surface area contributed by atoms with Gasteiger partial charge in [0.25, 0.3) is 0 Å². The number of fused-ring (bicyclic) bond motifs is 1. The largest absolute Gasteiger partial charge is 0.367 e. The quantitative estimate of drug-likeness (QED) is 0.788. The van der Waals surface area contributed by atoms with Crippen LogP contribution in [0.3, 0.4) is 0 Å². The number of imidazole rings is 1. The molecule has 3 aromatic rings. The van der Waals surface area contributed by atoms with Crippen LogP contribution in [0.2, 0.25) is 0 Å². The molecule has 0 amide bonds. The Morgan fingerprint density at radius 3 is 2.80 bits per heavy atom. The average molecular weight is 265 g/mol. The molecule has 1 N–H and O–H groups in total. The summed E-state index contributed by atoms with van der Waals surface area (Å²) >= 11 is 0. The van der Waals surface area contributed by atoms with Crippen LogP contribution in [0.15, 0.2) is 43.1 Å². The smallest absolute Gasteiger partial charge is 0.180 e. The number of pyridine rings is 1. The minimum absolute atomic E-state index is 0.812. The van der Waals surface area contributed by atoms with Gasteiger partial charge in [-0.15, -0.1) is 0 Å². The van der Waals surface area contributed by atoms with Crippen molar-refractivity contribution in [3.05, 3.63) is 43.1 Å². The van der Waals surface area contributed by atoms with Crippen LogP contribution < -0.4 is 5.32 Å². The van der Waals surface area contributed by atoms with Crippen LogP contribution >= 0.6 is 0 Å². The first-order valence-electron chi connectivity index (χ1n) is 6.88. The topological polar surface area (TPSA) is 55.1 Å². The maximum atomic E-state index is 4.51. The van der Waals surface area contributed by atoms with Crippen molar-refractivity contribution in [2.45, 2.75) is 12.8 Å². The maximum Gasteiger partial charge on any atom is 0.180 e. The first-order chi connectivity index (χ1) is 9.92. The van der Waals surface area contributed by atoms with Gasteiger partial charge in [-0.2, -0.15) is 0 Å². The molecule has 0 radical (unpaired) electrons. The van der Waals surface area contributed by atoms with Gasteiger partial charge in [0.2, 0.25) is 0 Å². The summed E-state index contributed by atoms with van der Waals surface area (Å²) in [5.41, 5.74) is 3.03. The number of anilines is 1. The fourth-order valence-corrected chi connectivity index (χ4v) is 2.34. The fourth-order valence-electron chi connectivity index (χ4n) is 2.34. The zero-order valence-electron chi connectivity index (χ0n) is 11.0. The zero-order chi connectivity index (χ0) is 13.4. The van der Waals surface area contributed by atoms with Crippen molar-refractivity contribution in [2.75, 3.05) is 11.9 Å². The third-order valence-electron chi connectivity index (χ3n) is 3.66. The molecule has 1 fully saturated rings. The molecule has 0 saturated heterocycles. The van der Waals surface area contributed by atoms with Crippen LogP contribution in [-0.2, 0) is 0 Å². The summed E-state index contributed by atoms with van der Waals surface area (Å²) in [6.07, 6.45) is 11.9.